The molecule has 3 heterocycles. The average molecular weight is 277 g/mol. The summed E-state index contributed by atoms with van der Waals surface area (Å²) in [6.07, 6.45) is 6.13. The van der Waals surface area contributed by atoms with Crippen molar-refractivity contribution in [1.29, 1.82) is 0 Å². The number of anilines is 1. The fraction of sp³-hybridized carbons (Fsp3) is 0.714. The van der Waals surface area contributed by atoms with Crippen molar-refractivity contribution < 1.29 is 4.79 Å². The van der Waals surface area contributed by atoms with E-state index in [1.54, 1.807) is 10.9 Å². The van der Waals surface area contributed by atoms with Gasteiger partial charge < -0.3 is 10.2 Å². The number of rotatable bonds is 3. The van der Waals surface area contributed by atoms with Crippen LogP contribution in [-0.4, -0.2) is 59.9 Å². The third-order valence-electron chi connectivity index (χ3n) is 4.28. The van der Waals surface area contributed by atoms with Crippen molar-refractivity contribution in [3.05, 3.63) is 12.4 Å². The van der Waals surface area contributed by atoms with Gasteiger partial charge in [0.25, 0.3) is 0 Å². The highest BCUT2D eigenvalue weighted by atomic mass is 16.2. The Morgan fingerprint density at radius 2 is 2.15 bits per heavy atom. The molecule has 6 nitrogen and oxygen atoms in total. The lowest BCUT2D eigenvalue weighted by Crippen LogP contribution is -2.52. The maximum atomic E-state index is 12.3. The molecule has 2 saturated heterocycles. The molecule has 0 atom stereocenters. The number of carbonyl (C=O) groups excluding carboxylic acids is 1. The molecule has 20 heavy (non-hydrogen) atoms. The molecule has 1 N–H and O–H groups in total. The van der Waals surface area contributed by atoms with Gasteiger partial charge in [0.2, 0.25) is 5.91 Å². The van der Waals surface area contributed by atoms with Crippen molar-refractivity contribution in [1.82, 2.24) is 20.0 Å². The highest BCUT2D eigenvalue weighted by Gasteiger charge is 2.27. The predicted molar refractivity (Wildman–Crippen MR) is 77.6 cm³/mol. The number of nitrogens with one attached hydrogen (secondary N) is 1. The third kappa shape index (κ3) is 3.02. The van der Waals surface area contributed by atoms with Gasteiger partial charge in [-0.1, -0.05) is 0 Å². The van der Waals surface area contributed by atoms with Crippen molar-refractivity contribution in [3.8, 4) is 0 Å². The van der Waals surface area contributed by atoms with Gasteiger partial charge in [0.1, 0.15) is 0 Å². The Morgan fingerprint density at radius 1 is 1.35 bits per heavy atom. The Balaban J connectivity index is 1.55. The Labute approximate surface area is 119 Å². The van der Waals surface area contributed by atoms with E-state index in [1.165, 1.54) is 12.8 Å². The van der Waals surface area contributed by atoms with Crippen LogP contribution in [0.4, 0.5) is 5.69 Å². The predicted octanol–water partition coefficient (Wildman–Crippen LogP) is 0.0683. The summed E-state index contributed by atoms with van der Waals surface area (Å²) < 4.78 is 1.74. The van der Waals surface area contributed by atoms with Gasteiger partial charge in [-0.2, -0.15) is 5.10 Å². The largest absolute Gasteiger partial charge is 0.317 e. The lowest BCUT2D eigenvalue weighted by Gasteiger charge is -2.36. The molecule has 3 rings (SSSR count). The van der Waals surface area contributed by atoms with Gasteiger partial charge in [-0.05, 0) is 31.8 Å². The SMILES string of the molecule is Cn1cc(N2CCN(CC3CCNCC3)CC2=O)cn1. The average Bonchev–Trinajstić information content (AvgIpc) is 2.86. The van der Waals surface area contributed by atoms with E-state index >= 15 is 0 Å². The third-order valence-corrected chi connectivity index (χ3v) is 4.28. The summed E-state index contributed by atoms with van der Waals surface area (Å²) in [5, 5.41) is 7.53. The number of piperidine rings is 1. The Bertz CT molecular complexity index is 466. The standard InChI is InChI=1S/C14H23N5O/c1-17-10-13(8-16-17)19-7-6-18(11-14(19)20)9-12-2-4-15-5-3-12/h8,10,12,15H,2-7,9,11H2,1H3. The smallest absolute Gasteiger partial charge is 0.241 e. The number of hydrogen-bond acceptors (Lipinski definition) is 4. The van der Waals surface area contributed by atoms with E-state index in [2.05, 4.69) is 15.3 Å². The lowest BCUT2D eigenvalue weighted by atomic mass is 9.97. The van der Waals surface area contributed by atoms with Crippen LogP contribution in [0.3, 0.4) is 0 Å². The van der Waals surface area contributed by atoms with E-state index in [4.69, 9.17) is 0 Å². The van der Waals surface area contributed by atoms with Crippen LogP contribution in [0, 0.1) is 5.92 Å². The first-order chi connectivity index (χ1) is 9.72. The van der Waals surface area contributed by atoms with E-state index in [-0.39, 0.29) is 5.91 Å². The molecule has 6 heteroatoms. The molecule has 2 fully saturated rings. The number of nitrogens with zero attached hydrogens (tertiary/aromatic N) is 4. The van der Waals surface area contributed by atoms with Crippen molar-refractivity contribution in [2.24, 2.45) is 13.0 Å². The maximum absolute atomic E-state index is 12.3. The Morgan fingerprint density at radius 3 is 2.80 bits per heavy atom. The Kier molecular flexibility index (Phi) is 4.03. The molecule has 0 aliphatic carbocycles. The summed E-state index contributed by atoms with van der Waals surface area (Å²) in [7, 11) is 1.88. The summed E-state index contributed by atoms with van der Waals surface area (Å²) in [5.41, 5.74) is 0.916. The minimum absolute atomic E-state index is 0.193. The lowest BCUT2D eigenvalue weighted by molar-refractivity contribution is -0.121. The van der Waals surface area contributed by atoms with Gasteiger partial charge in [0.15, 0.2) is 0 Å². The zero-order chi connectivity index (χ0) is 13.9. The number of carbonyl (C=O) groups is 1. The second-order valence-corrected chi connectivity index (χ2v) is 5.85. The number of hydrogen-bond donors (Lipinski definition) is 1. The van der Waals surface area contributed by atoms with Crippen LogP contribution in [0.1, 0.15) is 12.8 Å². The van der Waals surface area contributed by atoms with Crippen LogP contribution >= 0.6 is 0 Å². The minimum Gasteiger partial charge on any atom is -0.317 e. The van der Waals surface area contributed by atoms with Crippen LogP contribution in [-0.2, 0) is 11.8 Å². The number of piperazine rings is 1. The zero-order valence-electron chi connectivity index (χ0n) is 12.1. The van der Waals surface area contributed by atoms with Crippen molar-refractivity contribution in [3.63, 3.8) is 0 Å². The van der Waals surface area contributed by atoms with E-state index in [1.807, 2.05) is 18.1 Å². The first-order valence-corrected chi connectivity index (χ1v) is 7.44. The highest BCUT2D eigenvalue weighted by Crippen LogP contribution is 2.18. The summed E-state index contributed by atoms with van der Waals surface area (Å²) in [5.74, 6) is 0.937. The fourth-order valence-corrected chi connectivity index (χ4v) is 3.13. The van der Waals surface area contributed by atoms with Crippen LogP contribution < -0.4 is 10.2 Å². The van der Waals surface area contributed by atoms with Gasteiger partial charge in [0, 0.05) is 32.9 Å². The second kappa shape index (κ2) is 5.93. The summed E-state index contributed by atoms with van der Waals surface area (Å²) in [6, 6.07) is 0. The second-order valence-electron chi connectivity index (χ2n) is 5.85. The molecule has 0 unspecified atom stereocenters. The Hall–Kier alpha value is -1.40. The number of aryl methyl sites for hydroxylation is 1. The molecule has 0 saturated carbocycles. The molecule has 2 aliphatic heterocycles. The van der Waals surface area contributed by atoms with Gasteiger partial charge >= 0.3 is 0 Å². The van der Waals surface area contributed by atoms with Crippen LogP contribution in [0.15, 0.2) is 12.4 Å². The van der Waals surface area contributed by atoms with E-state index in [0.717, 1.165) is 44.3 Å². The molecular formula is C14H23N5O. The molecule has 0 aromatic carbocycles. The normalized spacial score (nSPS) is 22.4. The molecule has 0 radical (unpaired) electrons. The maximum Gasteiger partial charge on any atom is 0.241 e. The quantitative estimate of drug-likeness (QED) is 0.849. The molecule has 1 aromatic rings. The van der Waals surface area contributed by atoms with Crippen molar-refractivity contribution >= 4 is 11.6 Å². The van der Waals surface area contributed by atoms with Gasteiger partial charge in [-0.25, -0.2) is 0 Å². The van der Waals surface area contributed by atoms with E-state index in [0.29, 0.717) is 6.54 Å². The minimum atomic E-state index is 0.193. The van der Waals surface area contributed by atoms with Gasteiger partial charge in [-0.3, -0.25) is 14.4 Å². The van der Waals surface area contributed by atoms with Gasteiger partial charge in [-0.15, -0.1) is 0 Å². The van der Waals surface area contributed by atoms with Crippen LogP contribution in [0.5, 0.6) is 0 Å². The number of amides is 1. The van der Waals surface area contributed by atoms with Crippen LogP contribution in [0.2, 0.25) is 0 Å². The molecule has 0 bridgehead atoms. The van der Waals surface area contributed by atoms with Crippen molar-refractivity contribution in [2.45, 2.75) is 12.8 Å². The van der Waals surface area contributed by atoms with Crippen molar-refractivity contribution in [2.75, 3.05) is 44.2 Å². The van der Waals surface area contributed by atoms with E-state index in [9.17, 15) is 4.79 Å². The first kappa shape index (κ1) is 13.6. The highest BCUT2D eigenvalue weighted by molar-refractivity contribution is 5.95. The summed E-state index contributed by atoms with van der Waals surface area (Å²) in [4.78, 5) is 16.5. The molecule has 1 amide bonds. The molecular weight excluding hydrogens is 254 g/mol. The topological polar surface area (TPSA) is 53.4 Å². The fourth-order valence-electron chi connectivity index (χ4n) is 3.13. The zero-order valence-corrected chi connectivity index (χ0v) is 12.1. The summed E-state index contributed by atoms with van der Waals surface area (Å²) >= 11 is 0. The number of aromatic nitrogens is 2. The van der Waals surface area contributed by atoms with E-state index < -0.39 is 0 Å². The molecule has 110 valence electrons. The molecule has 1 aromatic heterocycles. The molecule has 2 aliphatic rings. The van der Waals surface area contributed by atoms with Gasteiger partial charge in [0.05, 0.1) is 18.4 Å². The summed E-state index contributed by atoms with van der Waals surface area (Å²) in [6.45, 7) is 5.58. The van der Waals surface area contributed by atoms with Crippen LogP contribution in [0.25, 0.3) is 0 Å². The first-order valence-electron chi connectivity index (χ1n) is 7.44. The monoisotopic (exact) mass is 277 g/mol. The molecule has 0 spiro atoms.